The van der Waals surface area contributed by atoms with Crippen LogP contribution < -0.4 is 15.4 Å². The molecule has 0 bridgehead atoms. The Labute approximate surface area is 260 Å². The monoisotopic (exact) mass is 632 g/mol. The molecule has 0 amide bonds. The van der Waals surface area contributed by atoms with E-state index in [0.29, 0.717) is 16.9 Å². The largest absolute Gasteiger partial charge is 0.480 e. The summed E-state index contributed by atoms with van der Waals surface area (Å²) in [5, 5.41) is 51.5. The molecule has 0 heterocycles. The Kier molecular flexibility index (Phi) is 12.0. The minimum absolute atomic E-state index is 0.0910. The number of hydrogen-bond donors (Lipinski definition) is 7. The summed E-state index contributed by atoms with van der Waals surface area (Å²) in [6.07, 6.45) is 0. The number of fused-ring (bicyclic) bond motifs is 1. The molecule has 4 aromatic carbocycles. The van der Waals surface area contributed by atoms with Crippen LogP contribution in [0.15, 0.2) is 78.9 Å². The van der Waals surface area contributed by atoms with Gasteiger partial charge in [0, 0.05) is 18.5 Å². The molecular weight excluding hydrogens is 604 g/mol. The van der Waals surface area contributed by atoms with Crippen LogP contribution in [0.4, 0.5) is 0 Å². The number of carboxylic acid groups (broad SMARTS) is 5. The summed E-state index contributed by atoms with van der Waals surface area (Å²) in [6.45, 7) is -0.0211. The van der Waals surface area contributed by atoms with E-state index in [1.807, 2.05) is 30.3 Å². The lowest BCUT2D eigenvalue weighted by Gasteiger charge is -2.09. The standard InChI is InChI=1S/C21H17NO6.C11H11NO6/c23-19(28-18-7-3-5-14-4-1-2-6-15(14)18)12-22-11-13-8-9-16(20(24)25)17(10-13)21(26)27;13-9(14)5-12-4-6-1-2-7(10(15)16)8(3-6)11(17)18/h1-10,22H,11-12H2,(H,24,25)(H,26,27);1-3,12H,4-5H2,(H,13,14)(H,15,16)(H,17,18). The van der Waals surface area contributed by atoms with Crippen molar-refractivity contribution in [2.75, 3.05) is 13.1 Å². The van der Waals surface area contributed by atoms with E-state index < -0.39 is 35.8 Å². The summed E-state index contributed by atoms with van der Waals surface area (Å²) >= 11 is 0. The molecule has 46 heavy (non-hydrogen) atoms. The van der Waals surface area contributed by atoms with Gasteiger partial charge in [-0.25, -0.2) is 19.2 Å². The number of carbonyl (C=O) groups excluding carboxylic acids is 1. The van der Waals surface area contributed by atoms with Crippen LogP contribution in [0.2, 0.25) is 0 Å². The molecular formula is C32H28N2O12. The molecule has 0 atom stereocenters. The van der Waals surface area contributed by atoms with Gasteiger partial charge in [-0.1, -0.05) is 48.5 Å². The van der Waals surface area contributed by atoms with E-state index in [-0.39, 0.29) is 48.4 Å². The van der Waals surface area contributed by atoms with Crippen molar-refractivity contribution in [2.45, 2.75) is 13.1 Å². The minimum atomic E-state index is -1.34. The molecule has 0 aliphatic carbocycles. The fourth-order valence-corrected chi connectivity index (χ4v) is 4.20. The van der Waals surface area contributed by atoms with Gasteiger partial charge < -0.3 is 40.9 Å². The molecule has 0 aromatic heterocycles. The number of rotatable bonds is 13. The van der Waals surface area contributed by atoms with Crippen LogP contribution in [0.5, 0.6) is 5.75 Å². The zero-order valence-corrected chi connectivity index (χ0v) is 23.9. The fraction of sp³-hybridized carbons (Fsp3) is 0.125. The second-order valence-electron chi connectivity index (χ2n) is 9.53. The van der Waals surface area contributed by atoms with Gasteiger partial charge in [-0.2, -0.15) is 0 Å². The molecule has 0 aliphatic rings. The third-order valence-corrected chi connectivity index (χ3v) is 6.27. The number of carboxylic acids is 5. The van der Waals surface area contributed by atoms with Gasteiger partial charge in [0.25, 0.3) is 0 Å². The number of esters is 1. The van der Waals surface area contributed by atoms with Crippen molar-refractivity contribution in [1.82, 2.24) is 10.6 Å². The summed E-state index contributed by atoms with van der Waals surface area (Å²) in [7, 11) is 0. The van der Waals surface area contributed by atoms with E-state index in [4.69, 9.17) is 30.3 Å². The van der Waals surface area contributed by atoms with E-state index in [0.717, 1.165) is 10.8 Å². The van der Waals surface area contributed by atoms with Gasteiger partial charge in [0.15, 0.2) is 0 Å². The first-order chi connectivity index (χ1) is 21.9. The predicted octanol–water partition coefficient (Wildman–Crippen LogP) is 3.19. The van der Waals surface area contributed by atoms with E-state index in [2.05, 4.69) is 10.6 Å². The number of benzene rings is 4. The minimum Gasteiger partial charge on any atom is -0.480 e. The number of aromatic carboxylic acids is 4. The number of nitrogens with one attached hydrogen (secondary N) is 2. The average Bonchev–Trinajstić information content (AvgIpc) is 3.01. The van der Waals surface area contributed by atoms with Crippen molar-refractivity contribution in [3.05, 3.63) is 112 Å². The summed E-state index contributed by atoms with van der Waals surface area (Å²) in [5.74, 6) is -6.36. The molecule has 0 saturated carbocycles. The number of carbonyl (C=O) groups is 6. The Balaban J connectivity index is 0.000000277. The highest BCUT2D eigenvalue weighted by Gasteiger charge is 2.17. The summed E-state index contributed by atoms with van der Waals surface area (Å²) < 4.78 is 5.40. The molecule has 0 saturated heterocycles. The van der Waals surface area contributed by atoms with Crippen molar-refractivity contribution in [3.8, 4) is 5.75 Å². The predicted molar refractivity (Wildman–Crippen MR) is 161 cm³/mol. The zero-order valence-electron chi connectivity index (χ0n) is 23.9. The van der Waals surface area contributed by atoms with Gasteiger partial charge in [-0.3, -0.25) is 9.59 Å². The van der Waals surface area contributed by atoms with Gasteiger partial charge in [-0.15, -0.1) is 0 Å². The maximum absolute atomic E-state index is 12.1. The molecule has 4 aromatic rings. The van der Waals surface area contributed by atoms with Gasteiger partial charge in [0.05, 0.1) is 35.3 Å². The molecule has 0 radical (unpaired) electrons. The molecule has 238 valence electrons. The molecule has 0 unspecified atom stereocenters. The van der Waals surface area contributed by atoms with Crippen LogP contribution in [-0.4, -0.2) is 74.4 Å². The lowest BCUT2D eigenvalue weighted by molar-refractivity contribution is -0.136. The molecule has 0 fully saturated rings. The van der Waals surface area contributed by atoms with E-state index in [1.54, 1.807) is 12.1 Å². The molecule has 0 aliphatic heterocycles. The first kappa shape index (κ1) is 34.4. The van der Waals surface area contributed by atoms with Crippen LogP contribution in [-0.2, 0) is 22.7 Å². The Morgan fingerprint density at radius 1 is 0.543 bits per heavy atom. The Hall–Kier alpha value is -6.12. The van der Waals surface area contributed by atoms with Crippen molar-refractivity contribution < 1.29 is 59.0 Å². The van der Waals surface area contributed by atoms with Crippen molar-refractivity contribution in [1.29, 1.82) is 0 Å². The SMILES string of the molecule is O=C(CNCc1ccc(C(=O)O)c(C(=O)O)c1)Oc1cccc2ccccc12.O=C(O)CNCc1ccc(C(=O)O)c(C(=O)O)c1. The Morgan fingerprint density at radius 3 is 1.52 bits per heavy atom. The van der Waals surface area contributed by atoms with Gasteiger partial charge >= 0.3 is 35.8 Å². The van der Waals surface area contributed by atoms with Gasteiger partial charge in [0.1, 0.15) is 5.75 Å². The lowest BCUT2D eigenvalue weighted by atomic mass is 10.0. The maximum Gasteiger partial charge on any atom is 0.336 e. The fourth-order valence-electron chi connectivity index (χ4n) is 4.20. The van der Waals surface area contributed by atoms with Crippen LogP contribution >= 0.6 is 0 Å². The van der Waals surface area contributed by atoms with Crippen LogP contribution in [0.3, 0.4) is 0 Å². The van der Waals surface area contributed by atoms with E-state index >= 15 is 0 Å². The van der Waals surface area contributed by atoms with Crippen molar-refractivity contribution in [3.63, 3.8) is 0 Å². The van der Waals surface area contributed by atoms with Crippen molar-refractivity contribution >= 4 is 46.6 Å². The average molecular weight is 633 g/mol. The lowest BCUT2D eigenvalue weighted by Crippen LogP contribution is -2.26. The quantitative estimate of drug-likeness (QED) is 0.0828. The van der Waals surface area contributed by atoms with Crippen LogP contribution in [0.1, 0.15) is 52.6 Å². The summed E-state index contributed by atoms with van der Waals surface area (Å²) in [4.78, 5) is 66.3. The normalized spacial score (nSPS) is 10.3. The van der Waals surface area contributed by atoms with E-state index in [1.165, 1.54) is 36.4 Å². The first-order valence-corrected chi connectivity index (χ1v) is 13.4. The van der Waals surface area contributed by atoms with Crippen LogP contribution in [0.25, 0.3) is 10.8 Å². The number of hydrogen-bond acceptors (Lipinski definition) is 9. The highest BCUT2D eigenvalue weighted by atomic mass is 16.5. The Bertz CT molecular complexity index is 1800. The van der Waals surface area contributed by atoms with Gasteiger partial charge in [0.2, 0.25) is 0 Å². The smallest absolute Gasteiger partial charge is 0.336 e. The maximum atomic E-state index is 12.1. The second kappa shape index (κ2) is 16.1. The topological polar surface area (TPSA) is 237 Å². The first-order valence-electron chi connectivity index (χ1n) is 13.4. The highest BCUT2D eigenvalue weighted by Crippen LogP contribution is 2.25. The molecule has 0 spiro atoms. The zero-order chi connectivity index (χ0) is 33.8. The van der Waals surface area contributed by atoms with Crippen molar-refractivity contribution in [2.24, 2.45) is 0 Å². The third kappa shape index (κ3) is 9.70. The van der Waals surface area contributed by atoms with E-state index in [9.17, 15) is 28.8 Å². The number of ether oxygens (including phenoxy) is 1. The third-order valence-electron chi connectivity index (χ3n) is 6.27. The highest BCUT2D eigenvalue weighted by molar-refractivity contribution is 6.02. The van der Waals surface area contributed by atoms with Gasteiger partial charge in [-0.05, 0) is 46.8 Å². The second-order valence-corrected chi connectivity index (χ2v) is 9.53. The Morgan fingerprint density at radius 2 is 1.02 bits per heavy atom. The summed E-state index contributed by atoms with van der Waals surface area (Å²) in [5.41, 5.74) is -0.169. The molecule has 14 heteroatoms. The number of aliphatic carboxylic acids is 1. The van der Waals surface area contributed by atoms with Crippen LogP contribution in [0, 0.1) is 0 Å². The molecule has 14 nitrogen and oxygen atoms in total. The molecule has 4 rings (SSSR count). The molecule has 7 N–H and O–H groups in total. The summed E-state index contributed by atoms with van der Waals surface area (Å²) in [6, 6.07) is 20.8.